The minimum Gasteiger partial charge on any atom is -0.321 e. The van der Waals surface area contributed by atoms with Crippen LogP contribution in [0, 0.1) is 17.0 Å². The molecule has 0 heterocycles. The van der Waals surface area contributed by atoms with Crippen molar-refractivity contribution in [2.45, 2.75) is 44.2 Å². The standard InChI is InChI=1S/C20H14BrF9N2O3/c1-3-10-8-11(17(22,19(25,26)27)18(23,24)20(28,29)30)7-9(2)15(10)31-16(33)12-5-4-6-13(14(12)21)32(34)35/h4-8H,3H2,1-2H3,(H,31,33). The van der Waals surface area contributed by atoms with Gasteiger partial charge in [-0.1, -0.05) is 19.1 Å². The summed E-state index contributed by atoms with van der Waals surface area (Å²) in [6.45, 7) is 2.23. The van der Waals surface area contributed by atoms with E-state index in [0.29, 0.717) is 0 Å². The fourth-order valence-electron chi connectivity index (χ4n) is 3.25. The lowest BCUT2D eigenvalue weighted by molar-refractivity contribution is -0.389. The Morgan fingerprint density at radius 1 is 1.03 bits per heavy atom. The van der Waals surface area contributed by atoms with Crippen molar-refractivity contribution < 1.29 is 49.2 Å². The zero-order valence-corrected chi connectivity index (χ0v) is 19.1. The van der Waals surface area contributed by atoms with Gasteiger partial charge in [0.1, 0.15) is 4.47 Å². The summed E-state index contributed by atoms with van der Waals surface area (Å²) in [6, 6.07) is 3.68. The third-order valence-electron chi connectivity index (χ3n) is 5.03. The average Bonchev–Trinajstić information content (AvgIpc) is 2.72. The van der Waals surface area contributed by atoms with Gasteiger partial charge >= 0.3 is 23.9 Å². The predicted octanol–water partition coefficient (Wildman–Crippen LogP) is 7.41. The first kappa shape index (κ1) is 28.4. The number of nitrogens with zero attached hydrogens (tertiary/aromatic N) is 1. The normalized spacial score (nSPS) is 14.4. The SMILES string of the molecule is CCc1cc(C(F)(C(F)(F)F)C(F)(F)C(F)(F)F)cc(C)c1NC(=O)c1cccc([N+](=O)[O-])c1Br. The molecule has 1 N–H and O–H groups in total. The Labute approximate surface area is 199 Å². The molecule has 15 heteroatoms. The van der Waals surface area contributed by atoms with Gasteiger partial charge in [-0.25, -0.2) is 4.39 Å². The second kappa shape index (κ2) is 9.32. The number of nitrogens with one attached hydrogen (secondary N) is 1. The topological polar surface area (TPSA) is 72.2 Å². The Morgan fingerprint density at radius 2 is 1.60 bits per heavy atom. The van der Waals surface area contributed by atoms with Crippen LogP contribution in [-0.2, 0) is 12.1 Å². The van der Waals surface area contributed by atoms with Crippen LogP contribution in [0.2, 0.25) is 0 Å². The highest BCUT2D eigenvalue weighted by Crippen LogP contribution is 2.58. The highest BCUT2D eigenvalue weighted by molar-refractivity contribution is 9.10. The van der Waals surface area contributed by atoms with Gasteiger partial charge < -0.3 is 5.32 Å². The lowest BCUT2D eigenvalue weighted by atomic mass is 9.85. The molecule has 2 aromatic rings. The Kier molecular flexibility index (Phi) is 7.56. The molecule has 0 bridgehead atoms. The molecule has 0 fully saturated rings. The van der Waals surface area contributed by atoms with Crippen LogP contribution in [0.5, 0.6) is 0 Å². The Bertz CT molecular complexity index is 1170. The number of aryl methyl sites for hydroxylation is 2. The van der Waals surface area contributed by atoms with Crippen molar-refractivity contribution in [3.05, 3.63) is 67.2 Å². The highest BCUT2D eigenvalue weighted by atomic mass is 79.9. The fourth-order valence-corrected chi connectivity index (χ4v) is 3.84. The first-order valence-corrected chi connectivity index (χ1v) is 10.2. The fraction of sp³-hybridized carbons (Fsp3) is 0.350. The Balaban J connectivity index is 2.66. The van der Waals surface area contributed by atoms with Crippen molar-refractivity contribution in [3.8, 4) is 0 Å². The summed E-state index contributed by atoms with van der Waals surface area (Å²) in [5.74, 6) is -7.86. The Morgan fingerprint density at radius 3 is 2.06 bits per heavy atom. The largest absolute Gasteiger partial charge is 0.457 e. The van der Waals surface area contributed by atoms with E-state index in [-0.39, 0.29) is 39.8 Å². The van der Waals surface area contributed by atoms with Gasteiger partial charge in [-0.15, -0.1) is 0 Å². The molecule has 0 saturated carbocycles. The summed E-state index contributed by atoms with van der Waals surface area (Å²) in [6.07, 6.45) is -13.9. The lowest BCUT2D eigenvalue weighted by Gasteiger charge is -2.36. The zero-order chi connectivity index (χ0) is 27.1. The maximum Gasteiger partial charge on any atom is 0.457 e. The van der Waals surface area contributed by atoms with E-state index in [4.69, 9.17) is 0 Å². The molecule has 0 aliphatic heterocycles. The molecule has 0 aliphatic rings. The lowest BCUT2D eigenvalue weighted by Crippen LogP contribution is -2.59. The molecule has 0 spiro atoms. The van der Waals surface area contributed by atoms with Gasteiger partial charge in [-0.05, 0) is 52.5 Å². The van der Waals surface area contributed by atoms with Crippen LogP contribution in [0.1, 0.15) is 34.0 Å². The summed E-state index contributed by atoms with van der Waals surface area (Å²) in [5.41, 5.74) is -10.1. The molecule has 35 heavy (non-hydrogen) atoms. The summed E-state index contributed by atoms with van der Waals surface area (Å²) >= 11 is 2.88. The van der Waals surface area contributed by atoms with E-state index in [1.54, 1.807) is 0 Å². The molecule has 5 nitrogen and oxygen atoms in total. The number of carbonyl (C=O) groups excluding carboxylic acids is 1. The first-order chi connectivity index (χ1) is 15.8. The highest BCUT2D eigenvalue weighted by Gasteiger charge is 2.81. The van der Waals surface area contributed by atoms with Crippen molar-refractivity contribution in [2.75, 3.05) is 5.32 Å². The predicted molar refractivity (Wildman–Crippen MR) is 109 cm³/mol. The van der Waals surface area contributed by atoms with E-state index in [0.717, 1.165) is 25.1 Å². The number of anilines is 1. The molecular weight excluding hydrogens is 567 g/mol. The number of hydrogen-bond donors (Lipinski definition) is 1. The molecule has 0 radical (unpaired) electrons. The van der Waals surface area contributed by atoms with Crippen LogP contribution < -0.4 is 5.32 Å². The van der Waals surface area contributed by atoms with Crippen LogP contribution in [0.3, 0.4) is 0 Å². The molecule has 192 valence electrons. The maximum atomic E-state index is 14.9. The van der Waals surface area contributed by atoms with E-state index in [9.17, 15) is 54.4 Å². The van der Waals surface area contributed by atoms with Crippen LogP contribution >= 0.6 is 15.9 Å². The second-order valence-corrected chi connectivity index (χ2v) is 8.05. The van der Waals surface area contributed by atoms with Crippen LogP contribution in [-0.4, -0.2) is 29.1 Å². The van der Waals surface area contributed by atoms with Gasteiger partial charge in [0.2, 0.25) is 0 Å². The Hall–Kier alpha value is -2.84. The van der Waals surface area contributed by atoms with Gasteiger partial charge in [0.15, 0.2) is 0 Å². The zero-order valence-electron chi connectivity index (χ0n) is 17.5. The van der Waals surface area contributed by atoms with Crippen LogP contribution in [0.25, 0.3) is 0 Å². The van der Waals surface area contributed by atoms with Crippen LogP contribution in [0.15, 0.2) is 34.8 Å². The molecule has 1 unspecified atom stereocenters. The number of rotatable bonds is 6. The third kappa shape index (κ3) is 4.82. The van der Waals surface area contributed by atoms with Gasteiger partial charge in [0, 0.05) is 17.3 Å². The quantitative estimate of drug-likeness (QED) is 0.220. The van der Waals surface area contributed by atoms with E-state index >= 15 is 0 Å². The number of alkyl halides is 9. The number of carbonyl (C=O) groups is 1. The van der Waals surface area contributed by atoms with Gasteiger partial charge in [0.05, 0.1) is 10.5 Å². The van der Waals surface area contributed by atoms with Gasteiger partial charge in [-0.3, -0.25) is 14.9 Å². The third-order valence-corrected chi connectivity index (χ3v) is 5.87. The number of hydrogen-bond acceptors (Lipinski definition) is 3. The minimum atomic E-state index is -6.88. The van der Waals surface area contributed by atoms with E-state index in [1.807, 2.05) is 0 Å². The maximum absolute atomic E-state index is 14.9. The number of nitro groups is 1. The number of benzene rings is 2. The first-order valence-electron chi connectivity index (χ1n) is 9.39. The molecule has 0 aromatic heterocycles. The van der Waals surface area contributed by atoms with Crippen molar-refractivity contribution in [2.24, 2.45) is 0 Å². The number of nitro benzene ring substituents is 1. The van der Waals surface area contributed by atoms with Crippen molar-refractivity contribution in [1.82, 2.24) is 0 Å². The van der Waals surface area contributed by atoms with Crippen molar-refractivity contribution in [3.63, 3.8) is 0 Å². The second-order valence-electron chi connectivity index (χ2n) is 7.26. The van der Waals surface area contributed by atoms with Gasteiger partial charge in [-0.2, -0.15) is 35.1 Å². The van der Waals surface area contributed by atoms with Gasteiger partial charge in [0.25, 0.3) is 11.6 Å². The molecule has 2 rings (SSSR count). The summed E-state index contributed by atoms with van der Waals surface area (Å²) in [5, 5.41) is 13.3. The minimum absolute atomic E-state index is 0.129. The van der Waals surface area contributed by atoms with E-state index < -0.39 is 51.6 Å². The summed E-state index contributed by atoms with van der Waals surface area (Å²) in [7, 11) is 0. The summed E-state index contributed by atoms with van der Waals surface area (Å²) < 4.78 is 121. The van der Waals surface area contributed by atoms with Crippen LogP contribution in [0.4, 0.5) is 50.9 Å². The smallest absolute Gasteiger partial charge is 0.321 e. The molecular formula is C20H14BrF9N2O3. The van der Waals surface area contributed by atoms with E-state index in [2.05, 4.69) is 21.2 Å². The molecule has 1 amide bonds. The summed E-state index contributed by atoms with van der Waals surface area (Å²) in [4.78, 5) is 22.9. The average molecular weight is 581 g/mol. The molecule has 2 aromatic carbocycles. The van der Waals surface area contributed by atoms with E-state index in [1.165, 1.54) is 6.92 Å². The monoisotopic (exact) mass is 580 g/mol. The van der Waals surface area contributed by atoms with Crippen molar-refractivity contribution in [1.29, 1.82) is 0 Å². The molecule has 0 saturated heterocycles. The van der Waals surface area contributed by atoms with Crippen molar-refractivity contribution >= 4 is 33.2 Å². The number of amides is 1. The number of halogens is 10. The molecule has 0 aliphatic carbocycles. The molecule has 1 atom stereocenters.